The summed E-state index contributed by atoms with van der Waals surface area (Å²) < 4.78 is 12.4. The first-order chi connectivity index (χ1) is 10.8. The fourth-order valence-corrected chi connectivity index (χ4v) is 3.50. The predicted molar refractivity (Wildman–Crippen MR) is 90.5 cm³/mol. The third kappa shape index (κ3) is 2.23. The van der Waals surface area contributed by atoms with Crippen LogP contribution < -0.4 is 4.74 Å². The predicted octanol–water partition coefficient (Wildman–Crippen LogP) is 4.60. The van der Waals surface area contributed by atoms with Gasteiger partial charge in [0.25, 0.3) is 0 Å². The number of aromatic amines is 1. The number of benzene rings is 2. The van der Waals surface area contributed by atoms with E-state index in [1.807, 2.05) is 12.1 Å². The number of methoxy groups -OCH3 is 1. The summed E-state index contributed by atoms with van der Waals surface area (Å²) in [5.41, 5.74) is 4.84. The largest absolute Gasteiger partial charge is 0.497 e. The summed E-state index contributed by atoms with van der Waals surface area (Å²) >= 11 is 3.56. The van der Waals surface area contributed by atoms with Crippen molar-refractivity contribution in [2.75, 3.05) is 13.7 Å². The fourth-order valence-electron chi connectivity index (χ4n) is 3.14. The Morgan fingerprint density at radius 1 is 1.18 bits per heavy atom. The smallest absolute Gasteiger partial charge is 0.123 e. The number of hydrogen-bond acceptors (Lipinski definition) is 2. The van der Waals surface area contributed by atoms with Gasteiger partial charge in [-0.05, 0) is 47.9 Å². The van der Waals surface area contributed by atoms with Crippen molar-refractivity contribution in [2.24, 2.45) is 0 Å². The maximum atomic E-state index is 6.04. The van der Waals surface area contributed by atoms with E-state index in [4.69, 9.17) is 9.47 Å². The summed E-state index contributed by atoms with van der Waals surface area (Å²) in [6.07, 6.45) is 0.902. The monoisotopic (exact) mass is 357 g/mol. The molecule has 0 bridgehead atoms. The van der Waals surface area contributed by atoms with Gasteiger partial charge in [0.2, 0.25) is 0 Å². The molecule has 4 heteroatoms. The molecule has 1 aliphatic rings. The molecule has 3 aromatic rings. The van der Waals surface area contributed by atoms with Crippen molar-refractivity contribution in [3.8, 4) is 5.75 Å². The molecule has 1 aliphatic heterocycles. The lowest BCUT2D eigenvalue weighted by molar-refractivity contribution is 0.0677. The minimum absolute atomic E-state index is 0.0409. The van der Waals surface area contributed by atoms with Crippen LogP contribution in [0.5, 0.6) is 5.75 Å². The van der Waals surface area contributed by atoms with E-state index in [0.29, 0.717) is 0 Å². The van der Waals surface area contributed by atoms with Crippen molar-refractivity contribution in [2.45, 2.75) is 12.5 Å². The topological polar surface area (TPSA) is 34.2 Å². The summed E-state index contributed by atoms with van der Waals surface area (Å²) in [6, 6.07) is 14.5. The molecule has 0 fully saturated rings. The highest BCUT2D eigenvalue weighted by Gasteiger charge is 2.26. The van der Waals surface area contributed by atoms with E-state index in [2.05, 4.69) is 51.2 Å². The van der Waals surface area contributed by atoms with E-state index in [-0.39, 0.29) is 6.10 Å². The molecule has 2 aromatic carbocycles. The van der Waals surface area contributed by atoms with Crippen LogP contribution in [0.1, 0.15) is 22.9 Å². The molecule has 0 aliphatic carbocycles. The minimum Gasteiger partial charge on any atom is -0.497 e. The van der Waals surface area contributed by atoms with Gasteiger partial charge >= 0.3 is 0 Å². The Labute approximate surface area is 137 Å². The standard InChI is InChI=1S/C18H16BrNO2/c1-21-13-5-2-11(3-6-13)18-17-14(8-9-22-18)15-10-12(19)4-7-16(15)20-17/h2-7,10,18,20H,8-9H2,1H3/t18-/m0/s1. The highest BCUT2D eigenvalue weighted by Crippen LogP contribution is 2.37. The third-order valence-electron chi connectivity index (χ3n) is 4.22. The van der Waals surface area contributed by atoms with Crippen molar-refractivity contribution in [3.05, 3.63) is 63.8 Å². The lowest BCUT2D eigenvalue weighted by Gasteiger charge is -2.24. The van der Waals surface area contributed by atoms with Crippen molar-refractivity contribution >= 4 is 26.8 Å². The van der Waals surface area contributed by atoms with Gasteiger partial charge in [-0.15, -0.1) is 0 Å². The number of H-pyrrole nitrogens is 1. The molecule has 0 saturated carbocycles. The second-order valence-corrected chi connectivity index (χ2v) is 6.40. The van der Waals surface area contributed by atoms with Gasteiger partial charge in [0, 0.05) is 15.4 Å². The summed E-state index contributed by atoms with van der Waals surface area (Å²) in [6.45, 7) is 0.739. The Bertz CT molecular complexity index is 823. The third-order valence-corrected chi connectivity index (χ3v) is 4.71. The average molecular weight is 358 g/mol. The summed E-state index contributed by atoms with van der Waals surface area (Å²) in [7, 11) is 1.68. The van der Waals surface area contributed by atoms with E-state index >= 15 is 0 Å². The molecule has 0 amide bonds. The van der Waals surface area contributed by atoms with Gasteiger partial charge in [0.1, 0.15) is 11.9 Å². The first-order valence-corrected chi connectivity index (χ1v) is 8.11. The molecule has 0 saturated heterocycles. The van der Waals surface area contributed by atoms with Crippen LogP contribution in [0.4, 0.5) is 0 Å². The highest BCUT2D eigenvalue weighted by atomic mass is 79.9. The van der Waals surface area contributed by atoms with Gasteiger partial charge in [-0.3, -0.25) is 0 Å². The van der Waals surface area contributed by atoms with Gasteiger partial charge < -0.3 is 14.5 Å². The second-order valence-electron chi connectivity index (χ2n) is 5.48. The molecular weight excluding hydrogens is 342 g/mol. The molecule has 4 rings (SSSR count). The van der Waals surface area contributed by atoms with Crippen LogP contribution in [-0.2, 0) is 11.2 Å². The number of nitrogens with one attached hydrogen (secondary N) is 1. The molecule has 0 spiro atoms. The second kappa shape index (κ2) is 5.45. The Kier molecular flexibility index (Phi) is 3.43. The van der Waals surface area contributed by atoms with Gasteiger partial charge in [-0.25, -0.2) is 0 Å². The normalized spacial score (nSPS) is 17.5. The maximum Gasteiger partial charge on any atom is 0.123 e. The first-order valence-electron chi connectivity index (χ1n) is 7.32. The number of rotatable bonds is 2. The van der Waals surface area contributed by atoms with Crippen molar-refractivity contribution in [3.63, 3.8) is 0 Å². The summed E-state index contributed by atoms with van der Waals surface area (Å²) in [5.74, 6) is 0.861. The van der Waals surface area contributed by atoms with Crippen LogP contribution in [0.25, 0.3) is 10.9 Å². The van der Waals surface area contributed by atoms with Crippen molar-refractivity contribution in [1.82, 2.24) is 4.98 Å². The number of ether oxygens (including phenoxy) is 2. The fraction of sp³-hybridized carbons (Fsp3) is 0.222. The number of aromatic nitrogens is 1. The molecule has 1 atom stereocenters. The van der Waals surface area contributed by atoms with E-state index in [1.54, 1.807) is 7.11 Å². The minimum atomic E-state index is -0.0409. The molecular formula is C18H16BrNO2. The van der Waals surface area contributed by atoms with Crippen LogP contribution >= 0.6 is 15.9 Å². The first kappa shape index (κ1) is 13.9. The number of fused-ring (bicyclic) bond motifs is 3. The zero-order chi connectivity index (χ0) is 15.1. The zero-order valence-corrected chi connectivity index (χ0v) is 13.8. The molecule has 1 aromatic heterocycles. The van der Waals surface area contributed by atoms with E-state index in [0.717, 1.165) is 34.3 Å². The van der Waals surface area contributed by atoms with Gasteiger partial charge in [0.15, 0.2) is 0 Å². The molecule has 22 heavy (non-hydrogen) atoms. The van der Waals surface area contributed by atoms with Gasteiger partial charge in [-0.1, -0.05) is 28.1 Å². The summed E-state index contributed by atoms with van der Waals surface area (Å²) in [4.78, 5) is 3.54. The van der Waals surface area contributed by atoms with Crippen LogP contribution in [0, 0.1) is 0 Å². The van der Waals surface area contributed by atoms with Crippen LogP contribution in [0.2, 0.25) is 0 Å². The Balaban J connectivity index is 1.82. The van der Waals surface area contributed by atoms with Crippen LogP contribution in [0.3, 0.4) is 0 Å². The quantitative estimate of drug-likeness (QED) is 0.727. The van der Waals surface area contributed by atoms with E-state index in [1.165, 1.54) is 16.6 Å². The molecule has 0 unspecified atom stereocenters. The molecule has 2 heterocycles. The number of hydrogen-bond donors (Lipinski definition) is 1. The SMILES string of the molecule is COc1ccc([C@@H]2OCCc3c2[nH]c2ccc(Br)cc32)cc1. The lowest BCUT2D eigenvalue weighted by Crippen LogP contribution is -2.16. The zero-order valence-electron chi connectivity index (χ0n) is 12.2. The Morgan fingerprint density at radius 3 is 2.77 bits per heavy atom. The summed E-state index contributed by atoms with van der Waals surface area (Å²) in [5, 5.41) is 1.28. The highest BCUT2D eigenvalue weighted by molar-refractivity contribution is 9.10. The Hall–Kier alpha value is -1.78. The average Bonchev–Trinajstić information content (AvgIpc) is 2.93. The molecule has 112 valence electrons. The lowest BCUT2D eigenvalue weighted by atomic mass is 9.98. The van der Waals surface area contributed by atoms with Gasteiger partial charge in [-0.2, -0.15) is 0 Å². The van der Waals surface area contributed by atoms with Gasteiger partial charge in [0.05, 0.1) is 19.4 Å². The van der Waals surface area contributed by atoms with Crippen LogP contribution in [0.15, 0.2) is 46.9 Å². The van der Waals surface area contributed by atoms with Crippen molar-refractivity contribution in [1.29, 1.82) is 0 Å². The van der Waals surface area contributed by atoms with Crippen LogP contribution in [-0.4, -0.2) is 18.7 Å². The number of halogens is 1. The molecule has 1 N–H and O–H groups in total. The maximum absolute atomic E-state index is 6.04. The molecule has 3 nitrogen and oxygen atoms in total. The van der Waals surface area contributed by atoms with Crippen molar-refractivity contribution < 1.29 is 9.47 Å². The molecule has 0 radical (unpaired) electrons. The van der Waals surface area contributed by atoms with E-state index in [9.17, 15) is 0 Å². The Morgan fingerprint density at radius 2 is 2.00 bits per heavy atom. The van der Waals surface area contributed by atoms with E-state index < -0.39 is 0 Å².